The van der Waals surface area contributed by atoms with Gasteiger partial charge in [-0.05, 0) is 13.0 Å². The highest BCUT2D eigenvalue weighted by molar-refractivity contribution is 7.88. The van der Waals surface area contributed by atoms with Crippen molar-refractivity contribution in [1.29, 1.82) is 0 Å². The number of rotatable bonds is 9. The quantitative estimate of drug-likeness (QED) is 0.523. The fraction of sp³-hybridized carbons (Fsp3) is 0.778. The maximum Gasteiger partial charge on any atom is 0.315 e. The fourth-order valence-corrected chi connectivity index (χ4v) is 1.68. The number of sulfonamides is 1. The Morgan fingerprint density at radius 3 is 2.72 bits per heavy atom. The standard InChI is InChI=1S/C9H19N5O3S/c1-3-10-7-8-13-14-9(17-8)11-5-4-6-12-18(2,15)16/h10,12H,3-7H2,1-2H3,(H,11,14). The Morgan fingerprint density at radius 1 is 1.28 bits per heavy atom. The van der Waals surface area contributed by atoms with E-state index in [-0.39, 0.29) is 0 Å². The number of hydrogen-bond donors (Lipinski definition) is 3. The van der Waals surface area contributed by atoms with E-state index in [1.165, 1.54) is 0 Å². The van der Waals surface area contributed by atoms with Gasteiger partial charge in [0.05, 0.1) is 12.8 Å². The van der Waals surface area contributed by atoms with E-state index < -0.39 is 10.0 Å². The van der Waals surface area contributed by atoms with Crippen LogP contribution in [0.4, 0.5) is 6.01 Å². The van der Waals surface area contributed by atoms with Gasteiger partial charge in [0.25, 0.3) is 0 Å². The first-order chi connectivity index (χ1) is 8.51. The first-order valence-electron chi connectivity index (χ1n) is 5.73. The first kappa shape index (κ1) is 14.9. The molecule has 0 saturated carbocycles. The number of nitrogens with one attached hydrogen (secondary N) is 3. The molecule has 0 radical (unpaired) electrons. The van der Waals surface area contributed by atoms with Crippen LogP contribution < -0.4 is 15.4 Å². The Labute approximate surface area is 107 Å². The van der Waals surface area contributed by atoms with Crippen LogP contribution in [0.15, 0.2) is 4.42 Å². The van der Waals surface area contributed by atoms with Gasteiger partial charge in [0.15, 0.2) is 0 Å². The van der Waals surface area contributed by atoms with Gasteiger partial charge in [-0.3, -0.25) is 0 Å². The summed E-state index contributed by atoms with van der Waals surface area (Å²) in [5, 5.41) is 13.6. The highest BCUT2D eigenvalue weighted by atomic mass is 32.2. The predicted molar refractivity (Wildman–Crippen MR) is 67.6 cm³/mol. The Balaban J connectivity index is 2.17. The van der Waals surface area contributed by atoms with Crippen LogP contribution in [-0.4, -0.2) is 44.5 Å². The van der Waals surface area contributed by atoms with Crippen molar-refractivity contribution in [2.45, 2.75) is 19.9 Å². The molecule has 0 unspecified atom stereocenters. The van der Waals surface area contributed by atoms with E-state index in [4.69, 9.17) is 4.42 Å². The number of aromatic nitrogens is 2. The van der Waals surface area contributed by atoms with E-state index in [9.17, 15) is 8.42 Å². The van der Waals surface area contributed by atoms with Crippen molar-refractivity contribution >= 4 is 16.0 Å². The molecule has 0 aliphatic rings. The molecular weight excluding hydrogens is 258 g/mol. The molecule has 1 heterocycles. The zero-order valence-electron chi connectivity index (χ0n) is 10.6. The fourth-order valence-electron chi connectivity index (χ4n) is 1.17. The molecule has 0 aliphatic carbocycles. The smallest absolute Gasteiger partial charge is 0.315 e. The Hall–Kier alpha value is -1.19. The molecule has 8 nitrogen and oxygen atoms in total. The molecule has 18 heavy (non-hydrogen) atoms. The molecule has 0 atom stereocenters. The largest absolute Gasteiger partial charge is 0.407 e. The van der Waals surface area contributed by atoms with Crippen molar-refractivity contribution in [2.75, 3.05) is 31.2 Å². The van der Waals surface area contributed by atoms with E-state index in [0.29, 0.717) is 38.0 Å². The average Bonchev–Trinajstić information content (AvgIpc) is 2.72. The van der Waals surface area contributed by atoms with E-state index in [1.54, 1.807) is 0 Å². The van der Waals surface area contributed by atoms with Crippen molar-refractivity contribution in [3.8, 4) is 0 Å². The third-order valence-corrected chi connectivity index (χ3v) is 2.72. The second-order valence-electron chi connectivity index (χ2n) is 3.73. The highest BCUT2D eigenvalue weighted by Crippen LogP contribution is 2.04. The summed E-state index contributed by atoms with van der Waals surface area (Å²) in [5.41, 5.74) is 0. The van der Waals surface area contributed by atoms with Gasteiger partial charge in [-0.2, -0.15) is 0 Å². The second-order valence-corrected chi connectivity index (χ2v) is 5.56. The van der Waals surface area contributed by atoms with Crippen molar-refractivity contribution < 1.29 is 12.8 Å². The van der Waals surface area contributed by atoms with Gasteiger partial charge in [-0.25, -0.2) is 13.1 Å². The van der Waals surface area contributed by atoms with Crippen LogP contribution in [0.25, 0.3) is 0 Å². The number of anilines is 1. The summed E-state index contributed by atoms with van der Waals surface area (Å²) in [7, 11) is -3.11. The van der Waals surface area contributed by atoms with Crippen LogP contribution >= 0.6 is 0 Å². The molecule has 1 rings (SSSR count). The lowest BCUT2D eigenvalue weighted by Gasteiger charge is -2.02. The molecule has 104 valence electrons. The van der Waals surface area contributed by atoms with Crippen LogP contribution in [0.3, 0.4) is 0 Å². The van der Waals surface area contributed by atoms with Crippen LogP contribution in [-0.2, 0) is 16.6 Å². The molecule has 0 saturated heterocycles. The summed E-state index contributed by atoms with van der Waals surface area (Å²) in [6.07, 6.45) is 1.77. The van der Waals surface area contributed by atoms with Crippen LogP contribution in [0.1, 0.15) is 19.2 Å². The van der Waals surface area contributed by atoms with E-state index in [0.717, 1.165) is 12.8 Å². The lowest BCUT2D eigenvalue weighted by molar-refractivity contribution is 0.481. The molecule has 0 spiro atoms. The maximum absolute atomic E-state index is 10.8. The summed E-state index contributed by atoms with van der Waals surface area (Å²) in [6, 6.07) is 0.349. The number of hydrogen-bond acceptors (Lipinski definition) is 7. The summed E-state index contributed by atoms with van der Waals surface area (Å²) < 4.78 is 29.3. The van der Waals surface area contributed by atoms with Crippen molar-refractivity contribution in [3.63, 3.8) is 0 Å². The summed E-state index contributed by atoms with van der Waals surface area (Å²) in [6.45, 7) is 4.31. The molecule has 0 aliphatic heterocycles. The zero-order chi connectivity index (χ0) is 13.4. The van der Waals surface area contributed by atoms with Gasteiger partial charge in [-0.1, -0.05) is 12.0 Å². The van der Waals surface area contributed by atoms with Crippen molar-refractivity contribution in [1.82, 2.24) is 20.2 Å². The Bertz CT molecular complexity index is 445. The molecule has 0 aromatic carbocycles. The molecular formula is C9H19N5O3S. The van der Waals surface area contributed by atoms with Gasteiger partial charge >= 0.3 is 6.01 Å². The maximum atomic E-state index is 10.8. The van der Waals surface area contributed by atoms with Crippen molar-refractivity contribution in [3.05, 3.63) is 5.89 Å². The number of nitrogens with zero attached hydrogens (tertiary/aromatic N) is 2. The van der Waals surface area contributed by atoms with E-state index in [1.807, 2.05) is 6.92 Å². The Kier molecular flexibility index (Phi) is 6.02. The lowest BCUT2D eigenvalue weighted by Crippen LogP contribution is -2.24. The molecule has 0 fully saturated rings. The second kappa shape index (κ2) is 7.29. The zero-order valence-corrected chi connectivity index (χ0v) is 11.4. The van der Waals surface area contributed by atoms with Gasteiger partial charge in [0.2, 0.25) is 15.9 Å². The van der Waals surface area contributed by atoms with Crippen LogP contribution in [0, 0.1) is 0 Å². The van der Waals surface area contributed by atoms with Gasteiger partial charge < -0.3 is 15.1 Å². The SMILES string of the molecule is CCNCc1nnc(NCCCNS(C)(=O)=O)o1. The highest BCUT2D eigenvalue weighted by Gasteiger charge is 2.04. The van der Waals surface area contributed by atoms with E-state index in [2.05, 4.69) is 25.6 Å². The minimum Gasteiger partial charge on any atom is -0.407 e. The normalized spacial score (nSPS) is 11.7. The topological polar surface area (TPSA) is 109 Å². The Morgan fingerprint density at radius 2 is 2.06 bits per heavy atom. The van der Waals surface area contributed by atoms with Gasteiger partial charge in [-0.15, -0.1) is 5.10 Å². The third-order valence-electron chi connectivity index (χ3n) is 1.99. The van der Waals surface area contributed by atoms with Crippen LogP contribution in [0.2, 0.25) is 0 Å². The summed E-state index contributed by atoms with van der Waals surface area (Å²) in [4.78, 5) is 0. The molecule has 1 aromatic heterocycles. The lowest BCUT2D eigenvalue weighted by atomic mass is 10.4. The first-order valence-corrected chi connectivity index (χ1v) is 7.62. The molecule has 1 aromatic rings. The average molecular weight is 277 g/mol. The molecule has 9 heteroatoms. The molecule has 3 N–H and O–H groups in total. The third kappa shape index (κ3) is 6.52. The summed E-state index contributed by atoms with van der Waals surface area (Å²) >= 11 is 0. The molecule has 0 bridgehead atoms. The van der Waals surface area contributed by atoms with Gasteiger partial charge in [0.1, 0.15) is 0 Å². The van der Waals surface area contributed by atoms with Crippen LogP contribution in [0.5, 0.6) is 0 Å². The molecule has 0 amide bonds. The minimum absolute atomic E-state index is 0.349. The van der Waals surface area contributed by atoms with E-state index >= 15 is 0 Å². The monoisotopic (exact) mass is 277 g/mol. The van der Waals surface area contributed by atoms with Crippen molar-refractivity contribution in [2.24, 2.45) is 0 Å². The predicted octanol–water partition coefficient (Wildman–Crippen LogP) is -0.470. The minimum atomic E-state index is -3.11. The summed E-state index contributed by atoms with van der Waals surface area (Å²) in [5.74, 6) is 0.522. The van der Waals surface area contributed by atoms with Gasteiger partial charge in [0, 0.05) is 13.1 Å².